The predicted molar refractivity (Wildman–Crippen MR) is 70.7 cm³/mol. The van der Waals surface area contributed by atoms with Crippen molar-refractivity contribution in [2.45, 2.75) is 26.7 Å². The van der Waals surface area contributed by atoms with Gasteiger partial charge in [0.2, 0.25) is 0 Å². The summed E-state index contributed by atoms with van der Waals surface area (Å²) >= 11 is 1.92. The maximum atomic E-state index is 12.3. The normalized spacial score (nSPS) is 16.9. The lowest BCUT2D eigenvalue weighted by Gasteiger charge is -2.18. The molecule has 0 aliphatic carbocycles. The Hall–Kier alpha value is -0.900. The van der Waals surface area contributed by atoms with Gasteiger partial charge in [0.1, 0.15) is 5.76 Å². The van der Waals surface area contributed by atoms with E-state index in [0.29, 0.717) is 5.76 Å². The molecule has 0 atom stereocenters. The molecule has 1 saturated heterocycles. The Morgan fingerprint density at radius 3 is 3.00 bits per heavy atom. The van der Waals surface area contributed by atoms with Crippen molar-refractivity contribution in [1.29, 1.82) is 0 Å². The highest BCUT2D eigenvalue weighted by Crippen LogP contribution is 2.18. The number of amides is 1. The van der Waals surface area contributed by atoms with Crippen molar-refractivity contribution in [3.63, 3.8) is 0 Å². The predicted octanol–water partition coefficient (Wildman–Crippen LogP) is 2.73. The van der Waals surface area contributed by atoms with Crippen molar-refractivity contribution >= 4 is 17.7 Å². The first-order chi connectivity index (χ1) is 8.22. The van der Waals surface area contributed by atoms with Crippen molar-refractivity contribution in [3.05, 3.63) is 23.2 Å². The topological polar surface area (TPSA) is 33.5 Å². The quantitative estimate of drug-likeness (QED) is 0.812. The zero-order valence-corrected chi connectivity index (χ0v) is 11.3. The number of aryl methyl sites for hydroxylation is 2. The Balaban J connectivity index is 2.11. The fourth-order valence-electron chi connectivity index (χ4n) is 2.08. The molecular formula is C13H19NO2S. The minimum Gasteiger partial charge on any atom is -0.456 e. The summed E-state index contributed by atoms with van der Waals surface area (Å²) < 4.78 is 5.62. The summed E-state index contributed by atoms with van der Waals surface area (Å²) in [6.45, 7) is 5.73. The van der Waals surface area contributed by atoms with Crippen molar-refractivity contribution in [3.8, 4) is 0 Å². The van der Waals surface area contributed by atoms with Crippen molar-refractivity contribution in [2.75, 3.05) is 24.6 Å². The molecule has 0 bridgehead atoms. The number of thioether (sulfide) groups is 1. The minimum absolute atomic E-state index is 0.0512. The van der Waals surface area contributed by atoms with Gasteiger partial charge in [-0.05, 0) is 30.7 Å². The SMILES string of the molecule is CCc1oc(C(=O)N2CCCSCC2)cc1C. The first-order valence-corrected chi connectivity index (χ1v) is 7.34. The molecule has 3 nitrogen and oxygen atoms in total. The van der Waals surface area contributed by atoms with E-state index in [-0.39, 0.29) is 5.91 Å². The van der Waals surface area contributed by atoms with Gasteiger partial charge < -0.3 is 9.32 Å². The van der Waals surface area contributed by atoms with E-state index in [1.54, 1.807) is 0 Å². The maximum Gasteiger partial charge on any atom is 0.289 e. The zero-order valence-electron chi connectivity index (χ0n) is 10.5. The Labute approximate surface area is 107 Å². The molecule has 1 fully saturated rings. The van der Waals surface area contributed by atoms with Crippen molar-refractivity contribution < 1.29 is 9.21 Å². The molecule has 2 heterocycles. The van der Waals surface area contributed by atoms with Gasteiger partial charge in [-0.2, -0.15) is 11.8 Å². The van der Waals surface area contributed by atoms with Crippen LogP contribution in [0, 0.1) is 6.92 Å². The van der Waals surface area contributed by atoms with Gasteiger partial charge in [-0.15, -0.1) is 0 Å². The number of furan rings is 1. The summed E-state index contributed by atoms with van der Waals surface area (Å²) in [7, 11) is 0. The molecule has 1 aromatic rings. The van der Waals surface area contributed by atoms with Gasteiger partial charge in [0, 0.05) is 25.3 Å². The molecule has 1 aromatic heterocycles. The summed E-state index contributed by atoms with van der Waals surface area (Å²) in [6, 6.07) is 1.87. The molecule has 1 amide bonds. The number of carbonyl (C=O) groups excluding carboxylic acids is 1. The van der Waals surface area contributed by atoms with E-state index >= 15 is 0 Å². The maximum absolute atomic E-state index is 12.3. The molecule has 0 radical (unpaired) electrons. The van der Waals surface area contributed by atoms with Crippen LogP contribution in [0.25, 0.3) is 0 Å². The smallest absolute Gasteiger partial charge is 0.289 e. The van der Waals surface area contributed by atoms with Crippen molar-refractivity contribution in [1.82, 2.24) is 4.90 Å². The van der Waals surface area contributed by atoms with Crippen LogP contribution in [0.4, 0.5) is 0 Å². The highest BCUT2D eigenvalue weighted by molar-refractivity contribution is 7.99. The summed E-state index contributed by atoms with van der Waals surface area (Å²) in [4.78, 5) is 14.2. The minimum atomic E-state index is 0.0512. The fraction of sp³-hybridized carbons (Fsp3) is 0.615. The van der Waals surface area contributed by atoms with Crippen LogP contribution in [-0.2, 0) is 6.42 Å². The second-order valence-electron chi connectivity index (χ2n) is 4.33. The van der Waals surface area contributed by atoms with Gasteiger partial charge in [-0.1, -0.05) is 6.92 Å². The highest BCUT2D eigenvalue weighted by Gasteiger charge is 2.21. The number of hydrogen-bond acceptors (Lipinski definition) is 3. The lowest BCUT2D eigenvalue weighted by atomic mass is 10.2. The van der Waals surface area contributed by atoms with Gasteiger partial charge in [0.15, 0.2) is 5.76 Å². The van der Waals surface area contributed by atoms with Crippen molar-refractivity contribution in [2.24, 2.45) is 0 Å². The van der Waals surface area contributed by atoms with Gasteiger partial charge >= 0.3 is 0 Å². The molecule has 0 spiro atoms. The molecule has 1 aliphatic heterocycles. The Kier molecular flexibility index (Phi) is 4.15. The summed E-state index contributed by atoms with van der Waals surface area (Å²) in [5, 5.41) is 0. The monoisotopic (exact) mass is 253 g/mol. The Morgan fingerprint density at radius 1 is 1.47 bits per heavy atom. The van der Waals surface area contributed by atoms with Crippen LogP contribution in [0.3, 0.4) is 0 Å². The fourth-order valence-corrected chi connectivity index (χ4v) is 2.97. The van der Waals surface area contributed by atoms with E-state index in [4.69, 9.17) is 4.42 Å². The van der Waals surface area contributed by atoms with Crippen LogP contribution in [0.1, 0.15) is 35.2 Å². The van der Waals surface area contributed by atoms with Crippen LogP contribution >= 0.6 is 11.8 Å². The van der Waals surface area contributed by atoms with E-state index in [1.165, 1.54) is 0 Å². The molecule has 1 aliphatic rings. The lowest BCUT2D eigenvalue weighted by molar-refractivity contribution is 0.0735. The number of hydrogen-bond donors (Lipinski definition) is 0. The standard InChI is InChI=1S/C13H19NO2S/c1-3-11-10(2)9-12(16-11)13(15)14-5-4-7-17-8-6-14/h9H,3-8H2,1-2H3. The summed E-state index contributed by atoms with van der Waals surface area (Å²) in [5.41, 5.74) is 1.08. The molecule has 4 heteroatoms. The van der Waals surface area contributed by atoms with Crippen LogP contribution in [0.15, 0.2) is 10.5 Å². The third-order valence-corrected chi connectivity index (χ3v) is 4.11. The van der Waals surface area contributed by atoms with Crippen LogP contribution in [-0.4, -0.2) is 35.4 Å². The largest absolute Gasteiger partial charge is 0.456 e. The first-order valence-electron chi connectivity index (χ1n) is 6.18. The molecule has 94 valence electrons. The van der Waals surface area contributed by atoms with Crippen LogP contribution < -0.4 is 0 Å². The summed E-state index contributed by atoms with van der Waals surface area (Å²) in [5.74, 6) is 3.67. The third kappa shape index (κ3) is 2.86. The molecule has 0 N–H and O–H groups in total. The van der Waals surface area contributed by atoms with Gasteiger partial charge in [0.05, 0.1) is 0 Å². The molecule has 17 heavy (non-hydrogen) atoms. The Bertz CT molecular complexity index is 392. The molecule has 0 unspecified atom stereocenters. The average molecular weight is 253 g/mol. The highest BCUT2D eigenvalue weighted by atomic mass is 32.2. The number of carbonyl (C=O) groups is 1. The van der Waals surface area contributed by atoms with E-state index in [1.807, 2.05) is 36.6 Å². The molecular weight excluding hydrogens is 234 g/mol. The van der Waals surface area contributed by atoms with E-state index < -0.39 is 0 Å². The molecule has 2 rings (SSSR count). The average Bonchev–Trinajstić information content (AvgIpc) is 2.56. The van der Waals surface area contributed by atoms with E-state index in [0.717, 1.165) is 48.8 Å². The number of rotatable bonds is 2. The van der Waals surface area contributed by atoms with Gasteiger partial charge in [-0.3, -0.25) is 4.79 Å². The van der Waals surface area contributed by atoms with Crippen LogP contribution in [0.2, 0.25) is 0 Å². The summed E-state index contributed by atoms with van der Waals surface area (Å²) in [6.07, 6.45) is 1.92. The van der Waals surface area contributed by atoms with Gasteiger partial charge in [-0.25, -0.2) is 0 Å². The third-order valence-electron chi connectivity index (χ3n) is 3.06. The molecule has 0 aromatic carbocycles. The Morgan fingerprint density at radius 2 is 2.29 bits per heavy atom. The second-order valence-corrected chi connectivity index (χ2v) is 5.55. The lowest BCUT2D eigenvalue weighted by Crippen LogP contribution is -2.32. The van der Waals surface area contributed by atoms with E-state index in [9.17, 15) is 4.79 Å². The van der Waals surface area contributed by atoms with Crippen LogP contribution in [0.5, 0.6) is 0 Å². The second kappa shape index (κ2) is 5.63. The van der Waals surface area contributed by atoms with E-state index in [2.05, 4.69) is 0 Å². The first kappa shape index (κ1) is 12.6. The number of nitrogens with zero attached hydrogens (tertiary/aromatic N) is 1. The zero-order chi connectivity index (χ0) is 12.3. The van der Waals surface area contributed by atoms with Gasteiger partial charge in [0.25, 0.3) is 5.91 Å². The molecule has 0 saturated carbocycles.